The number of rotatable bonds is 7. The second kappa shape index (κ2) is 7.55. The first kappa shape index (κ1) is 14.4. The Balaban J connectivity index is 1.71. The first-order chi connectivity index (χ1) is 9.74. The van der Waals surface area contributed by atoms with Crippen LogP contribution < -0.4 is 10.1 Å². The van der Waals surface area contributed by atoms with Gasteiger partial charge in [-0.25, -0.2) is 0 Å². The lowest BCUT2D eigenvalue weighted by Crippen LogP contribution is -2.16. The van der Waals surface area contributed by atoms with Crippen molar-refractivity contribution in [2.75, 3.05) is 6.54 Å². The van der Waals surface area contributed by atoms with Crippen molar-refractivity contribution in [1.82, 2.24) is 10.3 Å². The van der Waals surface area contributed by atoms with Gasteiger partial charge in [-0.1, -0.05) is 12.1 Å². The lowest BCUT2D eigenvalue weighted by Gasteiger charge is -2.07. The molecular weight excluding hydrogens is 262 g/mol. The molecule has 3 nitrogen and oxygen atoms in total. The van der Waals surface area contributed by atoms with Gasteiger partial charge in [-0.05, 0) is 48.4 Å². The van der Waals surface area contributed by atoms with Crippen molar-refractivity contribution in [2.24, 2.45) is 0 Å². The monoisotopic (exact) mass is 278 g/mol. The second-order valence-corrected chi connectivity index (χ2v) is 4.30. The fourth-order valence-electron chi connectivity index (χ4n) is 1.80. The second-order valence-electron chi connectivity index (χ2n) is 4.30. The number of ether oxygens (including phenoxy) is 1. The number of hydrogen-bond donors (Lipinski definition) is 1. The van der Waals surface area contributed by atoms with Crippen molar-refractivity contribution in [2.45, 2.75) is 19.6 Å². The average molecular weight is 278 g/mol. The topological polar surface area (TPSA) is 34.1 Å². The highest BCUT2D eigenvalue weighted by molar-refractivity contribution is 5.27. The zero-order valence-electron chi connectivity index (χ0n) is 10.9. The zero-order chi connectivity index (χ0) is 14.2. The van der Waals surface area contributed by atoms with Crippen molar-refractivity contribution in [1.29, 1.82) is 0 Å². The highest BCUT2D eigenvalue weighted by Crippen LogP contribution is 2.14. The van der Waals surface area contributed by atoms with Gasteiger partial charge in [-0.3, -0.25) is 4.98 Å². The fraction of sp³-hybridized carbons (Fsp3) is 0.267. The first-order valence-electron chi connectivity index (χ1n) is 6.37. The molecule has 0 unspecified atom stereocenters. The Labute approximate surface area is 116 Å². The number of hydrogen-bond acceptors (Lipinski definition) is 3. The molecule has 0 aliphatic heterocycles. The van der Waals surface area contributed by atoms with E-state index in [2.05, 4.69) is 15.0 Å². The van der Waals surface area contributed by atoms with Crippen molar-refractivity contribution >= 4 is 0 Å². The summed E-state index contributed by atoms with van der Waals surface area (Å²) < 4.78 is 28.3. The number of benzene rings is 1. The minimum atomic E-state index is -2.78. The summed E-state index contributed by atoms with van der Waals surface area (Å²) in [4.78, 5) is 3.96. The molecule has 1 aromatic carbocycles. The fourth-order valence-corrected chi connectivity index (χ4v) is 1.80. The Morgan fingerprint density at radius 3 is 2.35 bits per heavy atom. The number of nitrogens with zero attached hydrogens (tertiary/aromatic N) is 1. The number of halogens is 2. The molecule has 2 rings (SSSR count). The van der Waals surface area contributed by atoms with Crippen molar-refractivity contribution < 1.29 is 13.5 Å². The molecule has 0 spiro atoms. The van der Waals surface area contributed by atoms with Gasteiger partial charge in [0.15, 0.2) is 0 Å². The van der Waals surface area contributed by atoms with E-state index in [1.807, 2.05) is 12.1 Å². The average Bonchev–Trinajstić information content (AvgIpc) is 2.46. The maximum absolute atomic E-state index is 12.0. The third kappa shape index (κ3) is 4.93. The van der Waals surface area contributed by atoms with Crippen LogP contribution in [0, 0.1) is 0 Å². The highest BCUT2D eigenvalue weighted by atomic mass is 19.3. The van der Waals surface area contributed by atoms with Crippen LogP contribution in [-0.4, -0.2) is 18.1 Å². The largest absolute Gasteiger partial charge is 0.435 e. The molecule has 20 heavy (non-hydrogen) atoms. The third-order valence-electron chi connectivity index (χ3n) is 2.82. The summed E-state index contributed by atoms with van der Waals surface area (Å²) in [5.41, 5.74) is 2.26. The summed E-state index contributed by atoms with van der Waals surface area (Å²) in [5.74, 6) is 0.181. The quantitative estimate of drug-likeness (QED) is 0.791. The zero-order valence-corrected chi connectivity index (χ0v) is 10.9. The predicted molar refractivity (Wildman–Crippen MR) is 72.7 cm³/mol. The van der Waals surface area contributed by atoms with E-state index in [1.54, 1.807) is 36.7 Å². The van der Waals surface area contributed by atoms with Crippen LogP contribution in [0.25, 0.3) is 0 Å². The summed E-state index contributed by atoms with van der Waals surface area (Å²) in [6.45, 7) is -1.24. The molecule has 1 N–H and O–H groups in total. The molecule has 0 aliphatic carbocycles. The summed E-state index contributed by atoms with van der Waals surface area (Å²) in [6, 6.07) is 10.6. The van der Waals surface area contributed by atoms with E-state index in [-0.39, 0.29) is 5.75 Å². The van der Waals surface area contributed by atoms with Crippen LogP contribution in [-0.2, 0) is 13.0 Å². The smallest absolute Gasteiger partial charge is 0.387 e. The normalized spacial score (nSPS) is 10.8. The van der Waals surface area contributed by atoms with Crippen LogP contribution in [0.3, 0.4) is 0 Å². The van der Waals surface area contributed by atoms with E-state index in [9.17, 15) is 8.78 Å². The Morgan fingerprint density at radius 1 is 1.00 bits per heavy atom. The molecule has 0 fully saturated rings. The van der Waals surface area contributed by atoms with Crippen LogP contribution in [0.1, 0.15) is 11.1 Å². The Morgan fingerprint density at radius 2 is 1.70 bits per heavy atom. The molecule has 5 heteroatoms. The Bertz CT molecular complexity index is 503. The van der Waals surface area contributed by atoms with Gasteiger partial charge in [-0.15, -0.1) is 0 Å². The van der Waals surface area contributed by atoms with Gasteiger partial charge in [0, 0.05) is 18.9 Å². The van der Waals surface area contributed by atoms with Gasteiger partial charge in [0.25, 0.3) is 0 Å². The third-order valence-corrected chi connectivity index (χ3v) is 2.82. The number of pyridine rings is 1. The molecule has 1 aromatic heterocycles. The van der Waals surface area contributed by atoms with Crippen LogP contribution in [0.15, 0.2) is 48.8 Å². The first-order valence-corrected chi connectivity index (χ1v) is 6.37. The minimum Gasteiger partial charge on any atom is -0.435 e. The highest BCUT2D eigenvalue weighted by Gasteiger charge is 2.03. The lowest BCUT2D eigenvalue weighted by atomic mass is 10.2. The standard InChI is InChI=1S/C15H16F2N2O/c16-15(17)20-14-3-1-13(2-4-14)11-19-10-7-12-5-8-18-9-6-12/h1-6,8-9,15,19H,7,10-11H2. The maximum Gasteiger partial charge on any atom is 0.387 e. The van der Waals surface area contributed by atoms with Gasteiger partial charge in [0.1, 0.15) is 5.75 Å². The summed E-state index contributed by atoms with van der Waals surface area (Å²) in [6.07, 6.45) is 4.48. The van der Waals surface area contributed by atoms with Crippen molar-refractivity contribution in [3.63, 3.8) is 0 Å². The van der Waals surface area contributed by atoms with Gasteiger partial charge in [0.2, 0.25) is 0 Å². The number of alkyl halides is 2. The molecule has 0 atom stereocenters. The summed E-state index contributed by atoms with van der Waals surface area (Å²) in [5, 5.41) is 3.30. The Kier molecular flexibility index (Phi) is 5.43. The van der Waals surface area contributed by atoms with Gasteiger partial charge >= 0.3 is 6.61 Å². The van der Waals surface area contributed by atoms with E-state index >= 15 is 0 Å². The van der Waals surface area contributed by atoms with E-state index in [1.165, 1.54) is 5.56 Å². The minimum absolute atomic E-state index is 0.181. The summed E-state index contributed by atoms with van der Waals surface area (Å²) in [7, 11) is 0. The van der Waals surface area contributed by atoms with Crippen molar-refractivity contribution in [3.8, 4) is 5.75 Å². The van der Waals surface area contributed by atoms with Gasteiger partial charge in [0.05, 0.1) is 0 Å². The van der Waals surface area contributed by atoms with E-state index < -0.39 is 6.61 Å². The van der Waals surface area contributed by atoms with E-state index in [4.69, 9.17) is 0 Å². The molecule has 0 saturated heterocycles. The molecule has 106 valence electrons. The molecule has 0 bridgehead atoms. The number of aromatic nitrogens is 1. The number of nitrogens with one attached hydrogen (secondary N) is 1. The molecule has 0 radical (unpaired) electrons. The van der Waals surface area contributed by atoms with Gasteiger partial charge in [-0.2, -0.15) is 8.78 Å². The molecule has 1 heterocycles. The molecule has 0 amide bonds. The molecular formula is C15H16F2N2O. The molecule has 0 saturated carbocycles. The lowest BCUT2D eigenvalue weighted by molar-refractivity contribution is -0.0498. The molecule has 0 aliphatic rings. The predicted octanol–water partition coefficient (Wildman–Crippen LogP) is 3.02. The van der Waals surface area contributed by atoms with E-state index in [0.717, 1.165) is 18.5 Å². The van der Waals surface area contributed by atoms with Gasteiger partial charge < -0.3 is 10.1 Å². The van der Waals surface area contributed by atoms with Crippen LogP contribution in [0.2, 0.25) is 0 Å². The Hall–Kier alpha value is -2.01. The van der Waals surface area contributed by atoms with Crippen LogP contribution >= 0.6 is 0 Å². The summed E-state index contributed by atoms with van der Waals surface area (Å²) >= 11 is 0. The maximum atomic E-state index is 12.0. The molecule has 2 aromatic rings. The van der Waals surface area contributed by atoms with E-state index in [0.29, 0.717) is 6.54 Å². The van der Waals surface area contributed by atoms with Crippen LogP contribution in [0.4, 0.5) is 8.78 Å². The SMILES string of the molecule is FC(F)Oc1ccc(CNCCc2ccncc2)cc1. The van der Waals surface area contributed by atoms with Crippen molar-refractivity contribution in [3.05, 3.63) is 59.9 Å². The van der Waals surface area contributed by atoms with Crippen LogP contribution in [0.5, 0.6) is 5.75 Å².